The molecule has 1 saturated carbocycles. The standard InChI is InChI=1S/C13H16N2O/c16-7-6-9-4-5-11-12(8-9)15-13(14-11)10-2-1-3-10/h4-5,8,10,16H,1-3,6-7H2,(H,14,15). The van der Waals surface area contributed by atoms with E-state index in [9.17, 15) is 0 Å². The quantitative estimate of drug-likeness (QED) is 0.827. The number of hydrogen-bond acceptors (Lipinski definition) is 2. The molecule has 84 valence electrons. The summed E-state index contributed by atoms with van der Waals surface area (Å²) in [5.41, 5.74) is 3.32. The fourth-order valence-corrected chi connectivity index (χ4v) is 2.24. The lowest BCUT2D eigenvalue weighted by Gasteiger charge is -2.22. The van der Waals surface area contributed by atoms with E-state index >= 15 is 0 Å². The summed E-state index contributed by atoms with van der Waals surface area (Å²) in [6.45, 7) is 0.203. The number of aromatic amines is 1. The van der Waals surface area contributed by atoms with Gasteiger partial charge in [-0.15, -0.1) is 0 Å². The molecule has 0 atom stereocenters. The van der Waals surface area contributed by atoms with Crippen LogP contribution in [-0.4, -0.2) is 21.7 Å². The molecule has 16 heavy (non-hydrogen) atoms. The maximum Gasteiger partial charge on any atom is 0.110 e. The predicted octanol–water partition coefficient (Wildman–Crippen LogP) is 2.37. The van der Waals surface area contributed by atoms with Crippen molar-refractivity contribution in [3.05, 3.63) is 29.6 Å². The number of nitrogens with one attached hydrogen (secondary N) is 1. The highest BCUT2D eigenvalue weighted by Gasteiger charge is 2.22. The van der Waals surface area contributed by atoms with Crippen molar-refractivity contribution in [1.82, 2.24) is 9.97 Å². The zero-order valence-electron chi connectivity index (χ0n) is 9.24. The Bertz CT molecular complexity index is 500. The van der Waals surface area contributed by atoms with Crippen LogP contribution in [0.3, 0.4) is 0 Å². The van der Waals surface area contributed by atoms with E-state index in [2.05, 4.69) is 16.0 Å². The number of aromatic nitrogens is 2. The van der Waals surface area contributed by atoms with Gasteiger partial charge in [-0.3, -0.25) is 0 Å². The van der Waals surface area contributed by atoms with Crippen LogP contribution in [-0.2, 0) is 6.42 Å². The third-order valence-corrected chi connectivity index (χ3v) is 3.46. The average Bonchev–Trinajstić information content (AvgIpc) is 2.57. The Kier molecular flexibility index (Phi) is 2.40. The Morgan fingerprint density at radius 1 is 1.38 bits per heavy atom. The molecule has 3 nitrogen and oxygen atoms in total. The lowest BCUT2D eigenvalue weighted by molar-refractivity contribution is 0.299. The molecule has 1 aliphatic rings. The second-order valence-corrected chi connectivity index (χ2v) is 4.57. The normalized spacial score (nSPS) is 16.6. The molecule has 1 aromatic carbocycles. The molecule has 0 unspecified atom stereocenters. The lowest BCUT2D eigenvalue weighted by Crippen LogP contribution is -2.10. The summed E-state index contributed by atoms with van der Waals surface area (Å²) >= 11 is 0. The molecule has 0 amide bonds. The minimum Gasteiger partial charge on any atom is -0.396 e. The van der Waals surface area contributed by atoms with E-state index in [-0.39, 0.29) is 6.61 Å². The van der Waals surface area contributed by atoms with E-state index < -0.39 is 0 Å². The van der Waals surface area contributed by atoms with Crippen LogP contribution in [0.2, 0.25) is 0 Å². The van der Waals surface area contributed by atoms with Crippen LogP contribution < -0.4 is 0 Å². The second kappa shape index (κ2) is 3.91. The molecule has 2 aromatic rings. The van der Waals surface area contributed by atoms with Gasteiger partial charge in [0.1, 0.15) is 5.82 Å². The first-order valence-electron chi connectivity index (χ1n) is 5.96. The van der Waals surface area contributed by atoms with E-state index in [1.807, 2.05) is 12.1 Å². The van der Waals surface area contributed by atoms with Crippen LogP contribution in [0, 0.1) is 0 Å². The molecule has 0 spiro atoms. The summed E-state index contributed by atoms with van der Waals surface area (Å²) in [6.07, 6.45) is 4.58. The number of imidazole rings is 1. The van der Waals surface area contributed by atoms with Crippen molar-refractivity contribution in [2.75, 3.05) is 6.61 Å². The van der Waals surface area contributed by atoms with Crippen LogP contribution in [0.15, 0.2) is 18.2 Å². The number of aliphatic hydroxyl groups excluding tert-OH is 1. The van der Waals surface area contributed by atoms with E-state index in [1.165, 1.54) is 24.8 Å². The van der Waals surface area contributed by atoms with E-state index in [4.69, 9.17) is 5.11 Å². The van der Waals surface area contributed by atoms with Crippen molar-refractivity contribution in [2.24, 2.45) is 0 Å². The van der Waals surface area contributed by atoms with Crippen LogP contribution in [0.4, 0.5) is 0 Å². The van der Waals surface area contributed by atoms with Gasteiger partial charge in [0.2, 0.25) is 0 Å². The van der Waals surface area contributed by atoms with Gasteiger partial charge < -0.3 is 10.1 Å². The predicted molar refractivity (Wildman–Crippen MR) is 63.5 cm³/mol. The molecule has 1 fully saturated rings. The Morgan fingerprint density at radius 2 is 2.25 bits per heavy atom. The molecule has 1 heterocycles. The molecular formula is C13H16N2O. The number of fused-ring (bicyclic) bond motifs is 1. The van der Waals surface area contributed by atoms with Crippen LogP contribution in [0.25, 0.3) is 11.0 Å². The molecule has 2 N–H and O–H groups in total. The molecule has 0 aliphatic heterocycles. The Morgan fingerprint density at radius 3 is 2.94 bits per heavy atom. The Balaban J connectivity index is 1.96. The van der Waals surface area contributed by atoms with Crippen molar-refractivity contribution in [3.63, 3.8) is 0 Å². The maximum atomic E-state index is 8.91. The third kappa shape index (κ3) is 1.61. The topological polar surface area (TPSA) is 48.9 Å². The number of aliphatic hydroxyl groups is 1. The number of hydrogen-bond donors (Lipinski definition) is 2. The summed E-state index contributed by atoms with van der Waals surface area (Å²) < 4.78 is 0. The first kappa shape index (κ1) is 9.85. The summed E-state index contributed by atoms with van der Waals surface area (Å²) in [6, 6.07) is 6.18. The zero-order chi connectivity index (χ0) is 11.0. The fourth-order valence-electron chi connectivity index (χ4n) is 2.24. The number of benzene rings is 1. The highest BCUT2D eigenvalue weighted by atomic mass is 16.2. The fraction of sp³-hybridized carbons (Fsp3) is 0.462. The van der Waals surface area contributed by atoms with Gasteiger partial charge in [-0.2, -0.15) is 0 Å². The largest absolute Gasteiger partial charge is 0.396 e. The molecule has 3 rings (SSSR count). The monoisotopic (exact) mass is 216 g/mol. The molecule has 1 aromatic heterocycles. The van der Waals surface area contributed by atoms with Crippen LogP contribution in [0.5, 0.6) is 0 Å². The first-order valence-corrected chi connectivity index (χ1v) is 5.96. The van der Waals surface area contributed by atoms with Crippen LogP contribution >= 0.6 is 0 Å². The summed E-state index contributed by atoms with van der Waals surface area (Å²) in [5, 5.41) is 8.91. The highest BCUT2D eigenvalue weighted by Crippen LogP contribution is 2.35. The van der Waals surface area contributed by atoms with Gasteiger partial charge in [0.15, 0.2) is 0 Å². The van der Waals surface area contributed by atoms with Crippen molar-refractivity contribution in [3.8, 4) is 0 Å². The van der Waals surface area contributed by atoms with Crippen molar-refractivity contribution in [1.29, 1.82) is 0 Å². The van der Waals surface area contributed by atoms with E-state index in [0.717, 1.165) is 16.9 Å². The van der Waals surface area contributed by atoms with Gasteiger partial charge in [0.25, 0.3) is 0 Å². The number of rotatable bonds is 3. The molecular weight excluding hydrogens is 200 g/mol. The molecule has 0 radical (unpaired) electrons. The summed E-state index contributed by atoms with van der Waals surface area (Å²) in [5.74, 6) is 1.79. The first-order chi connectivity index (χ1) is 7.86. The number of nitrogens with zero attached hydrogens (tertiary/aromatic N) is 1. The minimum absolute atomic E-state index is 0.203. The highest BCUT2D eigenvalue weighted by molar-refractivity contribution is 5.76. The average molecular weight is 216 g/mol. The molecule has 0 saturated heterocycles. The van der Waals surface area contributed by atoms with Gasteiger partial charge in [-0.05, 0) is 37.0 Å². The van der Waals surface area contributed by atoms with E-state index in [1.54, 1.807) is 0 Å². The maximum absolute atomic E-state index is 8.91. The Labute approximate surface area is 94.5 Å². The van der Waals surface area contributed by atoms with Gasteiger partial charge >= 0.3 is 0 Å². The van der Waals surface area contributed by atoms with E-state index in [0.29, 0.717) is 12.3 Å². The molecule has 0 bridgehead atoms. The van der Waals surface area contributed by atoms with Crippen LogP contribution in [0.1, 0.15) is 36.6 Å². The second-order valence-electron chi connectivity index (χ2n) is 4.57. The van der Waals surface area contributed by atoms with Gasteiger partial charge in [-0.25, -0.2) is 4.98 Å². The SMILES string of the molecule is OCCc1ccc2nc(C3CCC3)[nH]c2c1. The third-order valence-electron chi connectivity index (χ3n) is 3.46. The number of H-pyrrole nitrogens is 1. The summed E-state index contributed by atoms with van der Waals surface area (Å²) in [4.78, 5) is 8.02. The zero-order valence-corrected chi connectivity index (χ0v) is 9.24. The van der Waals surface area contributed by atoms with Crippen molar-refractivity contribution >= 4 is 11.0 Å². The Hall–Kier alpha value is -1.35. The molecule has 3 heteroatoms. The smallest absolute Gasteiger partial charge is 0.110 e. The van der Waals surface area contributed by atoms with Gasteiger partial charge in [-0.1, -0.05) is 12.5 Å². The van der Waals surface area contributed by atoms with Crippen molar-refractivity contribution in [2.45, 2.75) is 31.6 Å². The minimum atomic E-state index is 0.203. The van der Waals surface area contributed by atoms with Gasteiger partial charge in [0, 0.05) is 12.5 Å². The van der Waals surface area contributed by atoms with Gasteiger partial charge in [0.05, 0.1) is 11.0 Å². The lowest BCUT2D eigenvalue weighted by atomic mass is 9.85. The molecule has 1 aliphatic carbocycles. The van der Waals surface area contributed by atoms with Crippen molar-refractivity contribution < 1.29 is 5.11 Å². The summed E-state index contributed by atoms with van der Waals surface area (Å²) in [7, 11) is 0.